The van der Waals surface area contributed by atoms with Crippen molar-refractivity contribution in [1.82, 2.24) is 0 Å². The predicted molar refractivity (Wildman–Crippen MR) is 62.3 cm³/mol. The van der Waals surface area contributed by atoms with E-state index >= 15 is 0 Å². The van der Waals surface area contributed by atoms with Gasteiger partial charge in [-0.3, -0.25) is 0 Å². The third-order valence-electron chi connectivity index (χ3n) is 2.16. The second kappa shape index (κ2) is 5.98. The fraction of sp³-hybridized carbons (Fsp3) is 0.417. The molecule has 0 aliphatic heterocycles. The normalized spacial score (nSPS) is 9.82. The molecule has 0 saturated heterocycles. The lowest BCUT2D eigenvalue weighted by Gasteiger charge is -2.14. The van der Waals surface area contributed by atoms with Crippen molar-refractivity contribution < 1.29 is 24.1 Å². The summed E-state index contributed by atoms with van der Waals surface area (Å²) >= 11 is 0. The number of benzene rings is 1. The first kappa shape index (κ1) is 13.2. The highest BCUT2D eigenvalue weighted by Crippen LogP contribution is 2.38. The maximum Gasteiger partial charge on any atom is 0.335 e. The molecular weight excluding hydrogens is 224 g/mol. The van der Waals surface area contributed by atoms with Crippen LogP contribution in [0.15, 0.2) is 12.1 Å². The van der Waals surface area contributed by atoms with Gasteiger partial charge < -0.3 is 19.3 Å². The molecule has 0 atom stereocenters. The molecule has 0 radical (unpaired) electrons. The lowest BCUT2D eigenvalue weighted by Crippen LogP contribution is -2.03. The first-order chi connectivity index (χ1) is 8.13. The van der Waals surface area contributed by atoms with Crippen LogP contribution in [0.2, 0.25) is 0 Å². The summed E-state index contributed by atoms with van der Waals surface area (Å²) in [4.78, 5) is 10.9. The molecule has 0 aromatic heterocycles. The van der Waals surface area contributed by atoms with E-state index in [9.17, 15) is 4.79 Å². The number of methoxy groups -OCH3 is 2. The Morgan fingerprint density at radius 1 is 1.24 bits per heavy atom. The van der Waals surface area contributed by atoms with Crippen LogP contribution in [0.1, 0.15) is 23.7 Å². The molecule has 0 saturated carbocycles. The predicted octanol–water partition coefficient (Wildman–Crippen LogP) is 2.19. The molecule has 0 unspecified atom stereocenters. The fourth-order valence-electron chi connectivity index (χ4n) is 1.35. The smallest absolute Gasteiger partial charge is 0.335 e. The van der Waals surface area contributed by atoms with Gasteiger partial charge in [0.2, 0.25) is 5.75 Å². The van der Waals surface area contributed by atoms with E-state index in [1.54, 1.807) is 0 Å². The highest BCUT2D eigenvalue weighted by molar-refractivity contribution is 5.89. The zero-order valence-electron chi connectivity index (χ0n) is 10.1. The van der Waals surface area contributed by atoms with Gasteiger partial charge in [0.25, 0.3) is 0 Å². The number of hydrogen-bond donors (Lipinski definition) is 1. The summed E-state index contributed by atoms with van der Waals surface area (Å²) in [6.45, 7) is 2.49. The van der Waals surface area contributed by atoms with Gasteiger partial charge in [0.15, 0.2) is 11.5 Å². The topological polar surface area (TPSA) is 65.0 Å². The summed E-state index contributed by atoms with van der Waals surface area (Å²) in [5, 5.41) is 8.94. The van der Waals surface area contributed by atoms with Crippen LogP contribution in [0.4, 0.5) is 0 Å². The Bertz CT molecular complexity index is 375. The summed E-state index contributed by atoms with van der Waals surface area (Å²) in [5.74, 6) is 0.107. The molecule has 17 heavy (non-hydrogen) atoms. The SMILES string of the molecule is CCCOc1c(OC)cc(C(=O)O)cc1OC. The van der Waals surface area contributed by atoms with Crippen LogP contribution >= 0.6 is 0 Å². The molecule has 5 heteroatoms. The Balaban J connectivity index is 3.21. The lowest BCUT2D eigenvalue weighted by atomic mass is 10.2. The van der Waals surface area contributed by atoms with E-state index in [0.717, 1.165) is 6.42 Å². The first-order valence-electron chi connectivity index (χ1n) is 5.26. The summed E-state index contributed by atoms with van der Waals surface area (Å²) < 4.78 is 15.7. The molecule has 0 fully saturated rings. The average Bonchev–Trinajstić information content (AvgIpc) is 2.34. The molecule has 1 aromatic carbocycles. The molecule has 0 bridgehead atoms. The van der Waals surface area contributed by atoms with E-state index in [1.807, 2.05) is 6.92 Å². The largest absolute Gasteiger partial charge is 0.493 e. The minimum absolute atomic E-state index is 0.0996. The number of ether oxygens (including phenoxy) is 3. The van der Waals surface area contributed by atoms with E-state index in [2.05, 4.69) is 0 Å². The minimum Gasteiger partial charge on any atom is -0.493 e. The monoisotopic (exact) mass is 240 g/mol. The van der Waals surface area contributed by atoms with Crippen molar-refractivity contribution in [3.05, 3.63) is 17.7 Å². The molecule has 0 spiro atoms. The van der Waals surface area contributed by atoms with Crippen molar-refractivity contribution in [3.63, 3.8) is 0 Å². The maximum absolute atomic E-state index is 10.9. The van der Waals surface area contributed by atoms with Gasteiger partial charge in [0.1, 0.15) is 0 Å². The van der Waals surface area contributed by atoms with E-state index in [-0.39, 0.29) is 5.56 Å². The van der Waals surface area contributed by atoms with Gasteiger partial charge in [0.05, 0.1) is 26.4 Å². The maximum atomic E-state index is 10.9. The second-order valence-electron chi connectivity index (χ2n) is 3.36. The van der Waals surface area contributed by atoms with E-state index in [0.29, 0.717) is 23.9 Å². The Morgan fingerprint density at radius 3 is 2.12 bits per heavy atom. The quantitative estimate of drug-likeness (QED) is 0.825. The van der Waals surface area contributed by atoms with Crippen LogP contribution in [0.5, 0.6) is 17.2 Å². The number of hydrogen-bond acceptors (Lipinski definition) is 4. The number of carbonyl (C=O) groups is 1. The number of carboxylic acid groups (broad SMARTS) is 1. The molecule has 1 aromatic rings. The van der Waals surface area contributed by atoms with Gasteiger partial charge >= 0.3 is 5.97 Å². The van der Waals surface area contributed by atoms with Crippen LogP contribution in [0.3, 0.4) is 0 Å². The van der Waals surface area contributed by atoms with Crippen LogP contribution in [-0.2, 0) is 0 Å². The molecule has 0 amide bonds. The van der Waals surface area contributed by atoms with Crippen molar-refractivity contribution >= 4 is 5.97 Å². The third kappa shape index (κ3) is 3.03. The van der Waals surface area contributed by atoms with Crippen LogP contribution in [0, 0.1) is 0 Å². The second-order valence-corrected chi connectivity index (χ2v) is 3.36. The molecular formula is C12H16O5. The van der Waals surface area contributed by atoms with Gasteiger partial charge in [-0.15, -0.1) is 0 Å². The molecule has 0 aliphatic carbocycles. The highest BCUT2D eigenvalue weighted by atomic mass is 16.5. The van der Waals surface area contributed by atoms with Crippen molar-refractivity contribution in [2.24, 2.45) is 0 Å². The summed E-state index contributed by atoms with van der Waals surface area (Å²) in [6.07, 6.45) is 0.840. The van der Waals surface area contributed by atoms with Crippen molar-refractivity contribution in [1.29, 1.82) is 0 Å². The molecule has 1 N–H and O–H groups in total. The Hall–Kier alpha value is -1.91. The van der Waals surface area contributed by atoms with Crippen molar-refractivity contribution in [2.75, 3.05) is 20.8 Å². The molecule has 0 aliphatic rings. The standard InChI is InChI=1S/C12H16O5/c1-4-5-17-11-9(15-2)6-8(12(13)14)7-10(11)16-3/h6-7H,4-5H2,1-3H3,(H,13,14). The summed E-state index contributed by atoms with van der Waals surface area (Å²) in [6, 6.07) is 2.83. The van der Waals surface area contributed by atoms with Gasteiger partial charge in [-0.05, 0) is 18.6 Å². The van der Waals surface area contributed by atoms with Crippen molar-refractivity contribution in [3.8, 4) is 17.2 Å². The number of aromatic carboxylic acids is 1. The Labute approximate surface area is 99.9 Å². The molecule has 0 heterocycles. The van der Waals surface area contributed by atoms with Gasteiger partial charge in [0, 0.05) is 0 Å². The highest BCUT2D eigenvalue weighted by Gasteiger charge is 2.16. The number of carboxylic acids is 1. The fourth-order valence-corrected chi connectivity index (χ4v) is 1.35. The van der Waals surface area contributed by atoms with Crippen LogP contribution in [0.25, 0.3) is 0 Å². The van der Waals surface area contributed by atoms with Crippen molar-refractivity contribution in [2.45, 2.75) is 13.3 Å². The molecule has 94 valence electrons. The zero-order chi connectivity index (χ0) is 12.8. The Morgan fingerprint density at radius 2 is 1.76 bits per heavy atom. The number of rotatable bonds is 6. The first-order valence-corrected chi connectivity index (χ1v) is 5.26. The summed E-state index contributed by atoms with van der Waals surface area (Å²) in [5.41, 5.74) is 0.0996. The third-order valence-corrected chi connectivity index (χ3v) is 2.16. The zero-order valence-corrected chi connectivity index (χ0v) is 10.1. The van der Waals surface area contributed by atoms with E-state index in [4.69, 9.17) is 19.3 Å². The van der Waals surface area contributed by atoms with E-state index in [1.165, 1.54) is 26.4 Å². The van der Waals surface area contributed by atoms with Crippen LogP contribution < -0.4 is 14.2 Å². The lowest BCUT2D eigenvalue weighted by molar-refractivity contribution is 0.0696. The van der Waals surface area contributed by atoms with Gasteiger partial charge in [-0.25, -0.2) is 4.79 Å². The molecule has 5 nitrogen and oxygen atoms in total. The average molecular weight is 240 g/mol. The summed E-state index contributed by atoms with van der Waals surface area (Å²) in [7, 11) is 2.92. The van der Waals surface area contributed by atoms with Gasteiger partial charge in [-0.1, -0.05) is 6.92 Å². The van der Waals surface area contributed by atoms with E-state index < -0.39 is 5.97 Å². The Kier molecular flexibility index (Phi) is 4.63. The van der Waals surface area contributed by atoms with Crippen LogP contribution in [-0.4, -0.2) is 31.9 Å². The minimum atomic E-state index is -1.04. The molecule has 1 rings (SSSR count). The van der Waals surface area contributed by atoms with Gasteiger partial charge in [-0.2, -0.15) is 0 Å².